The zero-order valence-electron chi connectivity index (χ0n) is 9.90. The van der Waals surface area contributed by atoms with Crippen molar-refractivity contribution in [3.8, 4) is 5.75 Å². The number of aromatic nitrogens is 1. The van der Waals surface area contributed by atoms with Crippen LogP contribution in [0.25, 0.3) is 0 Å². The van der Waals surface area contributed by atoms with Crippen LogP contribution in [0.2, 0.25) is 0 Å². The largest absolute Gasteiger partial charge is 0.506 e. The number of hydrogen-bond donors (Lipinski definition) is 1. The summed E-state index contributed by atoms with van der Waals surface area (Å²) >= 11 is 0. The number of esters is 1. The lowest BCUT2D eigenvalue weighted by Gasteiger charge is -2.04. The Morgan fingerprint density at radius 2 is 2.06 bits per heavy atom. The molecule has 0 aliphatic carbocycles. The predicted molar refractivity (Wildman–Crippen MR) is 60.8 cm³/mol. The number of rotatable bonds is 5. The zero-order valence-corrected chi connectivity index (χ0v) is 9.90. The summed E-state index contributed by atoms with van der Waals surface area (Å²) in [6.07, 6.45) is -0.00934. The number of aromatic hydroxyl groups is 1. The van der Waals surface area contributed by atoms with E-state index in [9.17, 15) is 14.7 Å². The van der Waals surface area contributed by atoms with Crippen molar-refractivity contribution in [3.05, 3.63) is 23.5 Å². The molecule has 0 amide bonds. The fourth-order valence-electron chi connectivity index (χ4n) is 1.32. The number of pyridine rings is 1. The molecule has 0 radical (unpaired) electrons. The molecule has 1 aromatic heterocycles. The Balaban J connectivity index is 2.64. The van der Waals surface area contributed by atoms with Crippen LogP contribution >= 0.6 is 0 Å². The maximum absolute atomic E-state index is 11.7. The van der Waals surface area contributed by atoms with Gasteiger partial charge in [-0.1, -0.05) is 0 Å². The third-order valence-corrected chi connectivity index (χ3v) is 2.14. The molecule has 0 aromatic carbocycles. The van der Waals surface area contributed by atoms with Crippen LogP contribution in [0.1, 0.15) is 35.9 Å². The van der Waals surface area contributed by atoms with Gasteiger partial charge in [-0.3, -0.25) is 9.59 Å². The Hall–Kier alpha value is -1.91. The minimum atomic E-state index is -0.423. The van der Waals surface area contributed by atoms with Crippen LogP contribution in [0.15, 0.2) is 12.1 Å². The molecule has 0 saturated carbocycles. The molecular formula is C12H15NO4. The average molecular weight is 237 g/mol. The number of carbonyl (C=O) groups excluding carboxylic acids is 2. The van der Waals surface area contributed by atoms with Crippen LogP contribution in [0, 0.1) is 6.92 Å². The molecule has 5 nitrogen and oxygen atoms in total. The minimum absolute atomic E-state index is 0.00172. The number of Topliss-reactive ketones (excluding diaryl/α,β-unsaturated/α-hetero) is 1. The second-order valence-corrected chi connectivity index (χ2v) is 3.55. The van der Waals surface area contributed by atoms with Gasteiger partial charge in [-0.25, -0.2) is 4.98 Å². The van der Waals surface area contributed by atoms with Crippen molar-refractivity contribution < 1.29 is 19.4 Å². The van der Waals surface area contributed by atoms with Gasteiger partial charge < -0.3 is 9.84 Å². The predicted octanol–water partition coefficient (Wildman–Crippen LogP) is 1.62. The Labute approximate surface area is 99.4 Å². The highest BCUT2D eigenvalue weighted by atomic mass is 16.5. The van der Waals surface area contributed by atoms with Crippen molar-refractivity contribution in [1.29, 1.82) is 0 Å². The van der Waals surface area contributed by atoms with E-state index >= 15 is 0 Å². The molecule has 0 aliphatic rings. The van der Waals surface area contributed by atoms with Gasteiger partial charge in [-0.05, 0) is 26.0 Å². The van der Waals surface area contributed by atoms with E-state index in [-0.39, 0.29) is 30.1 Å². The van der Waals surface area contributed by atoms with Gasteiger partial charge in [0.05, 0.1) is 13.0 Å². The first kappa shape index (κ1) is 13.2. The van der Waals surface area contributed by atoms with Crippen molar-refractivity contribution in [2.45, 2.75) is 26.7 Å². The molecule has 0 bridgehead atoms. The Bertz CT molecular complexity index is 429. The highest BCUT2D eigenvalue weighted by molar-refractivity contribution is 5.98. The van der Waals surface area contributed by atoms with Gasteiger partial charge in [0.25, 0.3) is 0 Å². The number of ketones is 1. The van der Waals surface area contributed by atoms with E-state index in [0.29, 0.717) is 12.3 Å². The van der Waals surface area contributed by atoms with Crippen molar-refractivity contribution in [1.82, 2.24) is 4.98 Å². The average Bonchev–Trinajstić information content (AvgIpc) is 2.29. The monoisotopic (exact) mass is 237 g/mol. The number of nitrogens with zero attached hydrogens (tertiary/aromatic N) is 1. The normalized spacial score (nSPS) is 10.0. The lowest BCUT2D eigenvalue weighted by molar-refractivity contribution is -0.143. The minimum Gasteiger partial charge on any atom is -0.506 e. The smallest absolute Gasteiger partial charge is 0.306 e. The SMILES string of the molecule is CCOC(=O)CCC(=O)c1nc(C)ccc1O. The number of hydrogen-bond acceptors (Lipinski definition) is 5. The fraction of sp³-hybridized carbons (Fsp3) is 0.417. The molecule has 1 heterocycles. The summed E-state index contributed by atoms with van der Waals surface area (Å²) in [7, 11) is 0. The first-order chi connectivity index (χ1) is 8.04. The van der Waals surface area contributed by atoms with E-state index in [1.165, 1.54) is 6.07 Å². The van der Waals surface area contributed by atoms with E-state index in [4.69, 9.17) is 4.74 Å². The second-order valence-electron chi connectivity index (χ2n) is 3.55. The molecule has 0 unspecified atom stereocenters. The topological polar surface area (TPSA) is 76.5 Å². The quantitative estimate of drug-likeness (QED) is 0.622. The van der Waals surface area contributed by atoms with Gasteiger partial charge in [-0.15, -0.1) is 0 Å². The first-order valence-corrected chi connectivity index (χ1v) is 5.40. The van der Waals surface area contributed by atoms with Crippen LogP contribution in [-0.4, -0.2) is 28.4 Å². The molecule has 92 valence electrons. The lowest BCUT2D eigenvalue weighted by atomic mass is 10.1. The molecule has 0 spiro atoms. The maximum atomic E-state index is 11.7. The van der Waals surface area contributed by atoms with E-state index in [0.717, 1.165) is 0 Å². The van der Waals surface area contributed by atoms with E-state index in [1.54, 1.807) is 19.9 Å². The molecule has 1 aromatic rings. The zero-order chi connectivity index (χ0) is 12.8. The molecule has 5 heteroatoms. The van der Waals surface area contributed by atoms with Crippen molar-refractivity contribution in [2.24, 2.45) is 0 Å². The summed E-state index contributed by atoms with van der Waals surface area (Å²) in [6.45, 7) is 3.72. The molecule has 17 heavy (non-hydrogen) atoms. The molecule has 0 atom stereocenters. The Morgan fingerprint density at radius 3 is 2.71 bits per heavy atom. The van der Waals surface area contributed by atoms with Gasteiger partial charge in [0, 0.05) is 12.1 Å². The van der Waals surface area contributed by atoms with Crippen LogP contribution in [0.4, 0.5) is 0 Å². The molecule has 0 fully saturated rings. The number of ether oxygens (including phenoxy) is 1. The summed E-state index contributed by atoms with van der Waals surface area (Å²) in [5.41, 5.74) is 0.650. The molecule has 0 saturated heterocycles. The van der Waals surface area contributed by atoms with E-state index in [1.807, 2.05) is 0 Å². The van der Waals surface area contributed by atoms with Gasteiger partial charge in [0.2, 0.25) is 0 Å². The van der Waals surface area contributed by atoms with Gasteiger partial charge in [0.15, 0.2) is 5.78 Å². The summed E-state index contributed by atoms with van der Waals surface area (Å²) in [5, 5.41) is 9.47. The highest BCUT2D eigenvalue weighted by Gasteiger charge is 2.15. The van der Waals surface area contributed by atoms with E-state index < -0.39 is 5.97 Å². The first-order valence-electron chi connectivity index (χ1n) is 5.40. The summed E-state index contributed by atoms with van der Waals surface area (Å²) in [4.78, 5) is 26.7. The van der Waals surface area contributed by atoms with Gasteiger partial charge >= 0.3 is 5.97 Å². The molecular weight excluding hydrogens is 222 g/mol. The Morgan fingerprint density at radius 1 is 1.35 bits per heavy atom. The van der Waals surface area contributed by atoms with Crippen LogP contribution < -0.4 is 0 Å². The third-order valence-electron chi connectivity index (χ3n) is 2.14. The summed E-state index contributed by atoms with van der Waals surface area (Å²) in [6, 6.07) is 3.03. The summed E-state index contributed by atoms with van der Waals surface area (Å²) in [5.74, 6) is -0.947. The van der Waals surface area contributed by atoms with Crippen LogP contribution in [0.3, 0.4) is 0 Å². The van der Waals surface area contributed by atoms with E-state index in [2.05, 4.69) is 4.98 Å². The maximum Gasteiger partial charge on any atom is 0.306 e. The number of aryl methyl sites for hydroxylation is 1. The standard InChI is InChI=1S/C12H15NO4/c1-3-17-11(16)7-6-10(15)12-9(14)5-4-8(2)13-12/h4-5,14H,3,6-7H2,1-2H3. The van der Waals surface area contributed by atoms with Crippen molar-refractivity contribution in [2.75, 3.05) is 6.61 Å². The second kappa shape index (κ2) is 5.98. The molecule has 1 rings (SSSR count). The van der Waals surface area contributed by atoms with Gasteiger partial charge in [-0.2, -0.15) is 0 Å². The van der Waals surface area contributed by atoms with Crippen LogP contribution in [0.5, 0.6) is 5.75 Å². The van der Waals surface area contributed by atoms with Crippen molar-refractivity contribution in [3.63, 3.8) is 0 Å². The number of carbonyl (C=O) groups is 2. The lowest BCUT2D eigenvalue weighted by Crippen LogP contribution is -2.09. The van der Waals surface area contributed by atoms with Crippen molar-refractivity contribution >= 4 is 11.8 Å². The Kier molecular flexibility index (Phi) is 4.63. The van der Waals surface area contributed by atoms with Gasteiger partial charge in [0.1, 0.15) is 11.4 Å². The van der Waals surface area contributed by atoms with Crippen LogP contribution in [-0.2, 0) is 9.53 Å². The fourth-order valence-corrected chi connectivity index (χ4v) is 1.32. The highest BCUT2D eigenvalue weighted by Crippen LogP contribution is 2.17. The molecule has 1 N–H and O–H groups in total. The third kappa shape index (κ3) is 3.86. The molecule has 0 aliphatic heterocycles. The summed E-state index contributed by atoms with van der Waals surface area (Å²) < 4.78 is 4.71.